The van der Waals surface area contributed by atoms with Crippen LogP contribution in [0.3, 0.4) is 0 Å². The van der Waals surface area contributed by atoms with Crippen LogP contribution in [-0.4, -0.2) is 34.4 Å². The number of hydrazine groups is 1. The summed E-state index contributed by atoms with van der Waals surface area (Å²) in [6, 6.07) is 7.12. The number of hydrogen-bond acceptors (Lipinski definition) is 7. The molecule has 1 saturated heterocycles. The van der Waals surface area contributed by atoms with Crippen LogP contribution in [0.15, 0.2) is 39.0 Å². The first-order chi connectivity index (χ1) is 14.4. The van der Waals surface area contributed by atoms with Gasteiger partial charge in [0.2, 0.25) is 0 Å². The van der Waals surface area contributed by atoms with Gasteiger partial charge >= 0.3 is 0 Å². The summed E-state index contributed by atoms with van der Waals surface area (Å²) in [5.74, 6) is 0.469. The van der Waals surface area contributed by atoms with E-state index < -0.39 is 0 Å². The molecule has 0 saturated carbocycles. The molecule has 0 unspecified atom stereocenters. The molecule has 0 aliphatic carbocycles. The fraction of sp³-hybridized carbons (Fsp3) is 0.250. The molecule has 1 aliphatic rings. The Balaban J connectivity index is 1.83. The minimum absolute atomic E-state index is 0.267. The predicted octanol–water partition coefficient (Wildman–Crippen LogP) is 5.24. The standard InChI is InChI=1S/C20H19BrN2O4S3/c1-3-7-27-17-13(21)9-12(10-14(17)26-4-2)11-16-19(25)23(20(28)30-16)22-18(24)15-6-5-8-29-15/h5-6,8-11H,3-4,7H2,1-2H3,(H,22,24)/b16-11+. The first-order valence-electron chi connectivity index (χ1n) is 9.16. The molecule has 1 aliphatic heterocycles. The molecule has 2 amide bonds. The second-order valence-corrected chi connectivity index (χ2v) is 9.52. The highest BCUT2D eigenvalue weighted by molar-refractivity contribution is 9.10. The Kier molecular flexibility index (Phi) is 7.93. The van der Waals surface area contributed by atoms with E-state index in [-0.39, 0.29) is 16.1 Å². The van der Waals surface area contributed by atoms with Crippen LogP contribution >= 0.6 is 51.2 Å². The molecule has 0 atom stereocenters. The van der Waals surface area contributed by atoms with Crippen LogP contribution in [0.1, 0.15) is 35.5 Å². The second-order valence-electron chi connectivity index (χ2n) is 6.05. The average Bonchev–Trinajstić information content (AvgIpc) is 3.33. The lowest BCUT2D eigenvalue weighted by Crippen LogP contribution is -2.44. The zero-order chi connectivity index (χ0) is 21.7. The molecular formula is C20H19BrN2O4S3. The van der Waals surface area contributed by atoms with Crippen LogP contribution in [0.4, 0.5) is 0 Å². The smallest absolute Gasteiger partial charge is 0.285 e. The van der Waals surface area contributed by atoms with E-state index in [2.05, 4.69) is 21.4 Å². The summed E-state index contributed by atoms with van der Waals surface area (Å²) in [5, 5.41) is 2.89. The number of rotatable bonds is 8. The second kappa shape index (κ2) is 10.4. The van der Waals surface area contributed by atoms with Gasteiger partial charge in [-0.15, -0.1) is 11.3 Å². The van der Waals surface area contributed by atoms with E-state index in [1.165, 1.54) is 11.3 Å². The van der Waals surface area contributed by atoms with Gasteiger partial charge in [0, 0.05) is 0 Å². The van der Waals surface area contributed by atoms with Crippen molar-refractivity contribution in [3.63, 3.8) is 0 Å². The summed E-state index contributed by atoms with van der Waals surface area (Å²) in [4.78, 5) is 26.0. The van der Waals surface area contributed by atoms with E-state index in [1.54, 1.807) is 23.6 Å². The van der Waals surface area contributed by atoms with Crippen molar-refractivity contribution in [3.8, 4) is 11.5 Å². The number of carbonyl (C=O) groups is 2. The van der Waals surface area contributed by atoms with Gasteiger partial charge in [0.05, 0.1) is 27.5 Å². The molecule has 2 heterocycles. The Morgan fingerprint density at radius 1 is 1.33 bits per heavy atom. The molecule has 158 valence electrons. The number of nitrogens with one attached hydrogen (secondary N) is 1. The molecule has 1 N–H and O–H groups in total. The van der Waals surface area contributed by atoms with Crippen molar-refractivity contribution < 1.29 is 19.1 Å². The number of ether oxygens (including phenoxy) is 2. The lowest BCUT2D eigenvalue weighted by molar-refractivity contribution is -0.123. The Labute approximate surface area is 196 Å². The Hall–Kier alpha value is -1.88. The summed E-state index contributed by atoms with van der Waals surface area (Å²) in [7, 11) is 0. The van der Waals surface area contributed by atoms with Gasteiger partial charge in [0.25, 0.3) is 11.8 Å². The van der Waals surface area contributed by atoms with Gasteiger partial charge in [0.15, 0.2) is 15.8 Å². The minimum atomic E-state index is -0.379. The number of halogens is 1. The normalized spacial score (nSPS) is 15.0. The van der Waals surface area contributed by atoms with Crippen LogP contribution in [0.25, 0.3) is 6.08 Å². The highest BCUT2D eigenvalue weighted by Crippen LogP contribution is 2.39. The fourth-order valence-corrected chi connectivity index (χ4v) is 4.93. The van der Waals surface area contributed by atoms with Crippen LogP contribution in [0.2, 0.25) is 0 Å². The van der Waals surface area contributed by atoms with Crippen molar-refractivity contribution in [2.45, 2.75) is 20.3 Å². The average molecular weight is 527 g/mol. The number of thioether (sulfide) groups is 1. The number of amides is 2. The third-order valence-corrected chi connectivity index (χ3v) is 6.59. The first kappa shape index (κ1) is 22.8. The third kappa shape index (κ3) is 5.23. The molecule has 0 radical (unpaired) electrons. The summed E-state index contributed by atoms with van der Waals surface area (Å²) in [6.07, 6.45) is 2.59. The van der Waals surface area contributed by atoms with E-state index >= 15 is 0 Å². The molecule has 0 spiro atoms. The quantitative estimate of drug-likeness (QED) is 0.374. The van der Waals surface area contributed by atoms with E-state index in [0.29, 0.717) is 34.5 Å². The summed E-state index contributed by atoms with van der Waals surface area (Å²) in [5.41, 5.74) is 3.32. The number of thiocarbonyl (C=S) groups is 1. The molecule has 10 heteroatoms. The summed E-state index contributed by atoms with van der Waals surface area (Å²) >= 11 is 11.2. The van der Waals surface area contributed by atoms with Gasteiger partial charge in [-0.25, -0.2) is 0 Å². The Bertz CT molecular complexity index is 992. The van der Waals surface area contributed by atoms with Crippen LogP contribution in [0, 0.1) is 0 Å². The fourth-order valence-electron chi connectivity index (χ4n) is 2.56. The topological polar surface area (TPSA) is 67.9 Å². The van der Waals surface area contributed by atoms with E-state index in [0.717, 1.165) is 33.2 Å². The van der Waals surface area contributed by atoms with Gasteiger partial charge in [-0.3, -0.25) is 15.0 Å². The zero-order valence-electron chi connectivity index (χ0n) is 16.3. The number of thiophene rings is 1. The predicted molar refractivity (Wildman–Crippen MR) is 128 cm³/mol. The molecule has 30 heavy (non-hydrogen) atoms. The zero-order valence-corrected chi connectivity index (χ0v) is 20.3. The summed E-state index contributed by atoms with van der Waals surface area (Å²) in [6.45, 7) is 4.98. The maximum absolute atomic E-state index is 12.8. The van der Waals surface area contributed by atoms with Crippen LogP contribution < -0.4 is 14.9 Å². The van der Waals surface area contributed by atoms with Gasteiger partial charge in [-0.05, 0) is 76.7 Å². The Morgan fingerprint density at radius 3 is 2.80 bits per heavy atom. The number of nitrogens with zero attached hydrogens (tertiary/aromatic N) is 1. The van der Waals surface area contributed by atoms with Crippen molar-refractivity contribution in [2.24, 2.45) is 0 Å². The molecule has 1 aromatic carbocycles. The van der Waals surface area contributed by atoms with Crippen molar-refractivity contribution in [1.82, 2.24) is 10.4 Å². The monoisotopic (exact) mass is 526 g/mol. The highest BCUT2D eigenvalue weighted by Gasteiger charge is 2.34. The van der Waals surface area contributed by atoms with Crippen LogP contribution in [0.5, 0.6) is 11.5 Å². The molecular weight excluding hydrogens is 508 g/mol. The van der Waals surface area contributed by atoms with Crippen molar-refractivity contribution in [2.75, 3.05) is 13.2 Å². The van der Waals surface area contributed by atoms with Gasteiger partial charge in [-0.2, -0.15) is 5.01 Å². The SMILES string of the molecule is CCCOc1c(Br)cc(/C=C2/SC(=S)N(NC(=O)c3cccs3)C2=O)cc1OCC. The lowest BCUT2D eigenvalue weighted by atomic mass is 10.2. The van der Waals surface area contributed by atoms with Gasteiger partial charge in [-0.1, -0.05) is 24.8 Å². The Morgan fingerprint density at radius 2 is 2.13 bits per heavy atom. The molecule has 6 nitrogen and oxygen atoms in total. The molecule has 2 aromatic rings. The molecule has 0 bridgehead atoms. The van der Waals surface area contributed by atoms with E-state index in [4.69, 9.17) is 21.7 Å². The van der Waals surface area contributed by atoms with Crippen molar-refractivity contribution in [3.05, 3.63) is 49.5 Å². The minimum Gasteiger partial charge on any atom is -0.490 e. The summed E-state index contributed by atoms with van der Waals surface area (Å²) < 4.78 is 12.5. The first-order valence-corrected chi connectivity index (χ1v) is 12.1. The van der Waals surface area contributed by atoms with Gasteiger partial charge in [0.1, 0.15) is 0 Å². The molecule has 1 aromatic heterocycles. The molecule has 3 rings (SSSR count). The van der Waals surface area contributed by atoms with E-state index in [9.17, 15) is 9.59 Å². The molecule has 1 fully saturated rings. The largest absolute Gasteiger partial charge is 0.490 e. The number of benzene rings is 1. The lowest BCUT2D eigenvalue weighted by Gasteiger charge is -2.15. The number of carbonyl (C=O) groups excluding carboxylic acids is 2. The van der Waals surface area contributed by atoms with Crippen LogP contribution in [-0.2, 0) is 4.79 Å². The van der Waals surface area contributed by atoms with Gasteiger partial charge < -0.3 is 9.47 Å². The van der Waals surface area contributed by atoms with E-state index in [1.807, 2.05) is 26.0 Å². The maximum atomic E-state index is 12.8. The van der Waals surface area contributed by atoms with Crippen molar-refractivity contribution >= 4 is 73.5 Å². The maximum Gasteiger partial charge on any atom is 0.285 e. The van der Waals surface area contributed by atoms with Crippen molar-refractivity contribution in [1.29, 1.82) is 0 Å². The highest BCUT2D eigenvalue weighted by atomic mass is 79.9. The number of hydrogen-bond donors (Lipinski definition) is 1. The third-order valence-electron chi connectivity index (χ3n) is 3.83.